The molecule has 1 aromatic heterocycles. The average Bonchev–Trinajstić information content (AvgIpc) is 2.64. The molecule has 1 rings (SSSR count). The zero-order chi connectivity index (χ0) is 12.1. The molecule has 88 valence electrons. The standard InChI is InChI=1S/C10H14BrN3O2/c1-14(2)9(15)3-4-12-10(16)8-5-7(11)6-13-8/h5-6,13H,3-4H2,1-2H3,(H,12,16). The number of hydrogen-bond donors (Lipinski definition) is 2. The van der Waals surface area contributed by atoms with Crippen molar-refractivity contribution < 1.29 is 9.59 Å². The number of nitrogens with one attached hydrogen (secondary N) is 2. The molecule has 5 nitrogen and oxygen atoms in total. The summed E-state index contributed by atoms with van der Waals surface area (Å²) in [6.07, 6.45) is 1.99. The van der Waals surface area contributed by atoms with E-state index in [1.807, 2.05) is 0 Å². The van der Waals surface area contributed by atoms with Crippen molar-refractivity contribution >= 4 is 27.7 Å². The molecule has 2 N–H and O–H groups in total. The molecule has 1 heterocycles. The van der Waals surface area contributed by atoms with E-state index in [0.717, 1.165) is 4.47 Å². The van der Waals surface area contributed by atoms with Crippen LogP contribution in [0.15, 0.2) is 16.7 Å². The maximum atomic E-state index is 11.5. The minimum absolute atomic E-state index is 0.00651. The monoisotopic (exact) mass is 287 g/mol. The van der Waals surface area contributed by atoms with Gasteiger partial charge in [0, 0.05) is 37.7 Å². The zero-order valence-corrected chi connectivity index (χ0v) is 10.8. The van der Waals surface area contributed by atoms with Crippen LogP contribution in [0.25, 0.3) is 0 Å². The summed E-state index contributed by atoms with van der Waals surface area (Å²) in [6, 6.07) is 1.68. The Labute approximate surface area is 102 Å². The van der Waals surface area contributed by atoms with E-state index in [1.54, 1.807) is 26.4 Å². The third kappa shape index (κ3) is 3.69. The van der Waals surface area contributed by atoms with E-state index >= 15 is 0 Å². The molecule has 0 aliphatic rings. The van der Waals surface area contributed by atoms with Gasteiger partial charge in [0.25, 0.3) is 5.91 Å². The molecule has 16 heavy (non-hydrogen) atoms. The van der Waals surface area contributed by atoms with Crippen molar-refractivity contribution in [2.24, 2.45) is 0 Å². The van der Waals surface area contributed by atoms with Gasteiger partial charge < -0.3 is 15.2 Å². The number of aromatic nitrogens is 1. The van der Waals surface area contributed by atoms with Crippen molar-refractivity contribution in [3.05, 3.63) is 22.4 Å². The lowest BCUT2D eigenvalue weighted by atomic mass is 10.3. The normalized spacial score (nSPS) is 9.94. The van der Waals surface area contributed by atoms with Gasteiger partial charge in [0.15, 0.2) is 0 Å². The van der Waals surface area contributed by atoms with E-state index in [4.69, 9.17) is 0 Å². The Kier molecular flexibility index (Phi) is 4.54. The third-order valence-electron chi connectivity index (χ3n) is 2.02. The van der Waals surface area contributed by atoms with E-state index in [2.05, 4.69) is 26.2 Å². The summed E-state index contributed by atoms with van der Waals surface area (Å²) in [7, 11) is 3.37. The topological polar surface area (TPSA) is 65.2 Å². The molecule has 0 aromatic carbocycles. The summed E-state index contributed by atoms with van der Waals surface area (Å²) in [5, 5.41) is 2.66. The summed E-state index contributed by atoms with van der Waals surface area (Å²) in [6.45, 7) is 0.340. The van der Waals surface area contributed by atoms with Gasteiger partial charge >= 0.3 is 0 Å². The molecule has 6 heteroatoms. The maximum absolute atomic E-state index is 11.5. The van der Waals surface area contributed by atoms with Crippen LogP contribution < -0.4 is 5.32 Å². The van der Waals surface area contributed by atoms with Gasteiger partial charge in [0.1, 0.15) is 5.69 Å². The van der Waals surface area contributed by atoms with Crippen LogP contribution in [0.3, 0.4) is 0 Å². The van der Waals surface area contributed by atoms with E-state index in [1.165, 1.54) is 4.90 Å². The Balaban J connectivity index is 2.34. The van der Waals surface area contributed by atoms with Gasteiger partial charge in [0.2, 0.25) is 5.91 Å². The Bertz CT molecular complexity index is 387. The molecule has 0 fully saturated rings. The largest absolute Gasteiger partial charge is 0.356 e. The highest BCUT2D eigenvalue weighted by molar-refractivity contribution is 9.10. The highest BCUT2D eigenvalue weighted by Gasteiger charge is 2.08. The fourth-order valence-electron chi connectivity index (χ4n) is 1.10. The van der Waals surface area contributed by atoms with Crippen molar-refractivity contribution in [2.75, 3.05) is 20.6 Å². The van der Waals surface area contributed by atoms with Crippen LogP contribution in [0.4, 0.5) is 0 Å². The molecule has 0 aliphatic heterocycles. The molecular weight excluding hydrogens is 274 g/mol. The summed E-state index contributed by atoms with van der Waals surface area (Å²) in [5.41, 5.74) is 0.476. The molecule has 2 amide bonds. The highest BCUT2D eigenvalue weighted by Crippen LogP contribution is 2.10. The Morgan fingerprint density at radius 1 is 1.50 bits per heavy atom. The SMILES string of the molecule is CN(C)C(=O)CCNC(=O)c1cc(Br)c[nH]1. The summed E-state index contributed by atoms with van der Waals surface area (Å²) >= 11 is 3.24. The number of nitrogens with zero attached hydrogens (tertiary/aromatic N) is 1. The molecule has 0 saturated heterocycles. The van der Waals surface area contributed by atoms with Crippen LogP contribution in [0.5, 0.6) is 0 Å². The first kappa shape index (κ1) is 12.8. The third-order valence-corrected chi connectivity index (χ3v) is 2.47. The van der Waals surface area contributed by atoms with Crippen LogP contribution in [0.2, 0.25) is 0 Å². The Morgan fingerprint density at radius 3 is 2.69 bits per heavy atom. The van der Waals surface area contributed by atoms with Crippen LogP contribution in [-0.2, 0) is 4.79 Å². The molecule has 0 radical (unpaired) electrons. The number of carbonyl (C=O) groups excluding carboxylic acids is 2. The number of hydrogen-bond acceptors (Lipinski definition) is 2. The van der Waals surface area contributed by atoms with Crippen molar-refractivity contribution in [3.8, 4) is 0 Å². The van der Waals surface area contributed by atoms with E-state index in [0.29, 0.717) is 18.7 Å². The molecule has 0 saturated carbocycles. The van der Waals surface area contributed by atoms with Crippen LogP contribution in [-0.4, -0.2) is 42.3 Å². The minimum atomic E-state index is -0.211. The number of H-pyrrole nitrogens is 1. The number of aromatic amines is 1. The van der Waals surface area contributed by atoms with Crippen LogP contribution in [0.1, 0.15) is 16.9 Å². The quantitative estimate of drug-likeness (QED) is 0.867. The molecule has 0 unspecified atom stereocenters. The lowest BCUT2D eigenvalue weighted by Gasteiger charge is -2.10. The second-order valence-electron chi connectivity index (χ2n) is 3.53. The van der Waals surface area contributed by atoms with E-state index in [9.17, 15) is 9.59 Å². The molecule has 0 atom stereocenters. The van der Waals surface area contributed by atoms with Gasteiger partial charge in [-0.05, 0) is 22.0 Å². The molecule has 1 aromatic rings. The number of rotatable bonds is 4. The van der Waals surface area contributed by atoms with Gasteiger partial charge in [-0.1, -0.05) is 0 Å². The Hall–Kier alpha value is -1.30. The minimum Gasteiger partial charge on any atom is -0.356 e. The first-order valence-corrected chi connectivity index (χ1v) is 5.62. The zero-order valence-electron chi connectivity index (χ0n) is 9.21. The average molecular weight is 288 g/mol. The van der Waals surface area contributed by atoms with Crippen LogP contribution >= 0.6 is 15.9 Å². The van der Waals surface area contributed by atoms with Crippen LogP contribution in [0, 0.1) is 0 Å². The predicted octanol–water partition coefficient (Wildman–Crippen LogP) is 0.985. The first-order valence-electron chi connectivity index (χ1n) is 4.83. The van der Waals surface area contributed by atoms with Gasteiger partial charge in [-0.15, -0.1) is 0 Å². The lowest BCUT2D eigenvalue weighted by molar-refractivity contribution is -0.128. The molecule has 0 bridgehead atoms. The van der Waals surface area contributed by atoms with Gasteiger partial charge in [0.05, 0.1) is 0 Å². The summed E-state index contributed by atoms with van der Waals surface area (Å²) < 4.78 is 0.821. The molecular formula is C10H14BrN3O2. The smallest absolute Gasteiger partial charge is 0.267 e. The van der Waals surface area contributed by atoms with Gasteiger partial charge in [-0.25, -0.2) is 0 Å². The molecule has 0 spiro atoms. The lowest BCUT2D eigenvalue weighted by Crippen LogP contribution is -2.30. The van der Waals surface area contributed by atoms with Crippen molar-refractivity contribution in [2.45, 2.75) is 6.42 Å². The number of carbonyl (C=O) groups is 2. The maximum Gasteiger partial charge on any atom is 0.267 e. The fourth-order valence-corrected chi connectivity index (χ4v) is 1.44. The highest BCUT2D eigenvalue weighted by atomic mass is 79.9. The van der Waals surface area contributed by atoms with E-state index in [-0.39, 0.29) is 11.8 Å². The number of amides is 2. The fraction of sp³-hybridized carbons (Fsp3) is 0.400. The van der Waals surface area contributed by atoms with Crippen molar-refractivity contribution in [3.63, 3.8) is 0 Å². The predicted molar refractivity (Wildman–Crippen MR) is 64.1 cm³/mol. The molecule has 0 aliphatic carbocycles. The second-order valence-corrected chi connectivity index (χ2v) is 4.44. The van der Waals surface area contributed by atoms with Crippen molar-refractivity contribution in [1.29, 1.82) is 0 Å². The summed E-state index contributed by atoms with van der Waals surface area (Å²) in [5.74, 6) is -0.217. The second kappa shape index (κ2) is 5.69. The van der Waals surface area contributed by atoms with Gasteiger partial charge in [-0.2, -0.15) is 0 Å². The summed E-state index contributed by atoms with van der Waals surface area (Å²) in [4.78, 5) is 27.1. The number of halogens is 1. The van der Waals surface area contributed by atoms with Gasteiger partial charge in [-0.3, -0.25) is 9.59 Å². The first-order chi connectivity index (χ1) is 7.50. The van der Waals surface area contributed by atoms with E-state index < -0.39 is 0 Å². The Morgan fingerprint density at radius 2 is 2.19 bits per heavy atom. The van der Waals surface area contributed by atoms with Crippen molar-refractivity contribution in [1.82, 2.24) is 15.2 Å².